The van der Waals surface area contributed by atoms with Gasteiger partial charge in [-0.25, -0.2) is 4.98 Å². The van der Waals surface area contributed by atoms with Gasteiger partial charge in [-0.3, -0.25) is 0 Å². The lowest BCUT2D eigenvalue weighted by atomic mass is 9.96. The van der Waals surface area contributed by atoms with Crippen molar-refractivity contribution in [1.82, 2.24) is 24.5 Å². The van der Waals surface area contributed by atoms with Gasteiger partial charge in [0.2, 0.25) is 0 Å². The van der Waals surface area contributed by atoms with Crippen LogP contribution in [0.3, 0.4) is 0 Å². The van der Waals surface area contributed by atoms with Crippen LogP contribution in [0.25, 0.3) is 16.7 Å². The van der Waals surface area contributed by atoms with Crippen LogP contribution in [0.15, 0.2) is 41.1 Å². The first-order valence-electron chi connectivity index (χ1n) is 10.2. The first-order chi connectivity index (χ1) is 14.4. The molecule has 30 heavy (non-hydrogen) atoms. The summed E-state index contributed by atoms with van der Waals surface area (Å²) in [5.41, 5.74) is 6.32. The number of imidazole rings is 1. The first-order valence-corrected chi connectivity index (χ1v) is 11.0. The molecule has 0 spiro atoms. The minimum Gasteiger partial charge on any atom is -0.357 e. The molecule has 1 aliphatic heterocycles. The number of fused-ring (bicyclic) bond motifs is 1. The van der Waals surface area contributed by atoms with Crippen LogP contribution in [0.5, 0.6) is 0 Å². The van der Waals surface area contributed by atoms with Gasteiger partial charge in [0.05, 0.1) is 34.7 Å². The maximum absolute atomic E-state index is 5.12. The Bertz CT molecular complexity index is 1240. The zero-order valence-corrected chi connectivity index (χ0v) is 19.2. The van der Waals surface area contributed by atoms with Crippen molar-refractivity contribution < 1.29 is 0 Å². The summed E-state index contributed by atoms with van der Waals surface area (Å²) >= 11 is 3.62. The van der Waals surface area contributed by atoms with E-state index in [0.717, 1.165) is 46.6 Å². The summed E-state index contributed by atoms with van der Waals surface area (Å²) in [5.74, 6) is 1.08. The van der Waals surface area contributed by atoms with E-state index in [1.54, 1.807) is 17.2 Å². The van der Waals surface area contributed by atoms with E-state index < -0.39 is 0 Å². The Morgan fingerprint density at radius 3 is 2.67 bits per heavy atom. The van der Waals surface area contributed by atoms with Crippen molar-refractivity contribution in [1.29, 1.82) is 0 Å². The van der Waals surface area contributed by atoms with Crippen LogP contribution < -0.4 is 4.90 Å². The minimum absolute atomic E-state index is 0.240. The Kier molecular flexibility index (Phi) is 4.47. The van der Waals surface area contributed by atoms with Crippen molar-refractivity contribution in [2.24, 2.45) is 7.05 Å². The van der Waals surface area contributed by atoms with E-state index in [1.807, 2.05) is 6.07 Å². The van der Waals surface area contributed by atoms with Crippen molar-refractivity contribution in [3.8, 4) is 5.69 Å². The van der Waals surface area contributed by atoms with Gasteiger partial charge in [-0.2, -0.15) is 10.2 Å². The summed E-state index contributed by atoms with van der Waals surface area (Å²) in [5, 5.41) is 8.73. The zero-order valence-electron chi connectivity index (χ0n) is 17.6. The van der Waals surface area contributed by atoms with Gasteiger partial charge >= 0.3 is 0 Å². The second kappa shape index (κ2) is 6.94. The fourth-order valence-corrected chi connectivity index (χ4v) is 5.44. The highest BCUT2D eigenvalue weighted by molar-refractivity contribution is 9.10. The van der Waals surface area contributed by atoms with Crippen molar-refractivity contribution in [3.05, 3.63) is 64.1 Å². The molecule has 0 amide bonds. The summed E-state index contributed by atoms with van der Waals surface area (Å²) < 4.78 is 3.33. The third-order valence-electron chi connectivity index (χ3n) is 6.20. The Morgan fingerprint density at radius 2 is 1.90 bits per heavy atom. The van der Waals surface area contributed by atoms with Gasteiger partial charge in [-0.1, -0.05) is 15.9 Å². The molecule has 2 aromatic carbocycles. The number of aryl methyl sites for hydroxylation is 3. The largest absolute Gasteiger partial charge is 0.357 e. The van der Waals surface area contributed by atoms with Crippen LogP contribution in [0.1, 0.15) is 36.7 Å². The molecule has 1 atom stereocenters. The van der Waals surface area contributed by atoms with Crippen LogP contribution in [0.2, 0.25) is 0 Å². The number of aromatic nitrogens is 5. The molecule has 3 heterocycles. The van der Waals surface area contributed by atoms with Crippen molar-refractivity contribution in [3.63, 3.8) is 0 Å². The molecule has 5 rings (SSSR count). The maximum atomic E-state index is 5.12. The third-order valence-corrected chi connectivity index (χ3v) is 6.66. The van der Waals surface area contributed by atoms with E-state index in [-0.39, 0.29) is 5.54 Å². The lowest BCUT2D eigenvalue weighted by molar-refractivity contribution is 0.447. The predicted molar refractivity (Wildman–Crippen MR) is 122 cm³/mol. The van der Waals surface area contributed by atoms with Crippen LogP contribution >= 0.6 is 15.9 Å². The highest BCUT2D eigenvalue weighted by atomic mass is 79.9. The second-order valence-corrected chi connectivity index (χ2v) is 9.26. The number of anilines is 1. The molecular weight excluding hydrogens is 440 g/mol. The molecule has 1 aliphatic rings. The molecule has 1 fully saturated rings. The monoisotopic (exact) mass is 463 g/mol. The average molecular weight is 464 g/mol. The van der Waals surface area contributed by atoms with Crippen molar-refractivity contribution in [2.75, 3.05) is 11.4 Å². The SMILES string of the molecule is Cc1c[c]c(-n2nccn2)c(N2CCC[C@@]2(C)c2nc3cc(Br)cc(C)c3n2C)c1. The van der Waals surface area contributed by atoms with Gasteiger partial charge in [-0.05, 0) is 69.0 Å². The topological polar surface area (TPSA) is 51.8 Å². The number of hydrogen-bond acceptors (Lipinski definition) is 4. The van der Waals surface area contributed by atoms with E-state index >= 15 is 0 Å². The molecule has 153 valence electrons. The summed E-state index contributed by atoms with van der Waals surface area (Å²) in [6.45, 7) is 7.50. The van der Waals surface area contributed by atoms with Gasteiger partial charge in [-0.15, -0.1) is 4.80 Å². The Balaban J connectivity index is 1.70. The highest BCUT2D eigenvalue weighted by Gasteiger charge is 2.43. The number of halogens is 1. The minimum atomic E-state index is -0.240. The molecule has 0 saturated carbocycles. The molecule has 1 radical (unpaired) electrons. The maximum Gasteiger partial charge on any atom is 0.135 e. The molecule has 1 saturated heterocycles. The fourth-order valence-electron chi connectivity index (χ4n) is 4.88. The number of rotatable bonds is 3. The lowest BCUT2D eigenvalue weighted by Gasteiger charge is -2.37. The number of nitrogens with zero attached hydrogens (tertiary/aromatic N) is 6. The average Bonchev–Trinajstić information content (AvgIpc) is 3.41. The van der Waals surface area contributed by atoms with Crippen LogP contribution in [0, 0.1) is 19.9 Å². The zero-order chi connectivity index (χ0) is 21.0. The van der Waals surface area contributed by atoms with Crippen LogP contribution in [-0.4, -0.2) is 31.1 Å². The first kappa shape index (κ1) is 19.3. The second-order valence-electron chi connectivity index (χ2n) is 8.34. The van der Waals surface area contributed by atoms with E-state index in [4.69, 9.17) is 4.98 Å². The molecule has 0 N–H and O–H groups in total. The standard InChI is InChI=1S/C23H24BrN6/c1-15-6-7-19(30-25-9-10-26-30)20(12-15)29-11-5-8-23(29,3)22-27-18-14-17(24)13-16(2)21(18)28(22)4/h6,9-10,12-14H,5,8,11H2,1-4H3/t23-/m0/s1. The Labute approximate surface area is 184 Å². The predicted octanol–water partition coefficient (Wildman–Crippen LogP) is 4.85. The van der Waals surface area contributed by atoms with Crippen molar-refractivity contribution >= 4 is 32.7 Å². The molecular formula is C23H24BrN6. The molecule has 0 aliphatic carbocycles. The lowest BCUT2D eigenvalue weighted by Crippen LogP contribution is -2.41. The van der Waals surface area contributed by atoms with Gasteiger partial charge in [0.1, 0.15) is 11.5 Å². The molecule has 4 aromatic rings. The highest BCUT2D eigenvalue weighted by Crippen LogP contribution is 2.44. The summed E-state index contributed by atoms with van der Waals surface area (Å²) in [6.07, 6.45) is 5.53. The molecule has 2 aromatic heterocycles. The van der Waals surface area contributed by atoms with Gasteiger partial charge in [0, 0.05) is 24.1 Å². The third kappa shape index (κ3) is 2.87. The number of hydrogen-bond donors (Lipinski definition) is 0. The van der Waals surface area contributed by atoms with Crippen LogP contribution in [-0.2, 0) is 12.6 Å². The van der Waals surface area contributed by atoms with Crippen molar-refractivity contribution in [2.45, 2.75) is 39.2 Å². The van der Waals surface area contributed by atoms with Gasteiger partial charge in [0.15, 0.2) is 0 Å². The van der Waals surface area contributed by atoms with Gasteiger partial charge in [0.25, 0.3) is 0 Å². The fraction of sp³-hybridized carbons (Fsp3) is 0.348. The van der Waals surface area contributed by atoms with Gasteiger partial charge < -0.3 is 9.47 Å². The number of benzene rings is 2. The smallest absolute Gasteiger partial charge is 0.135 e. The van der Waals surface area contributed by atoms with E-state index in [0.29, 0.717) is 0 Å². The normalized spacial score (nSPS) is 19.2. The molecule has 0 unspecified atom stereocenters. The molecule has 0 bridgehead atoms. The van der Waals surface area contributed by atoms with Crippen LogP contribution in [0.4, 0.5) is 5.69 Å². The summed E-state index contributed by atoms with van der Waals surface area (Å²) in [4.78, 5) is 9.24. The molecule has 7 heteroatoms. The van der Waals surface area contributed by atoms with E-state index in [1.165, 1.54) is 16.6 Å². The summed E-state index contributed by atoms with van der Waals surface area (Å²) in [6, 6.07) is 11.9. The Hall–Kier alpha value is -2.67. The van der Waals surface area contributed by atoms with E-state index in [2.05, 4.69) is 87.7 Å². The quantitative estimate of drug-likeness (QED) is 0.435. The molecule has 6 nitrogen and oxygen atoms in total. The Morgan fingerprint density at radius 1 is 1.13 bits per heavy atom. The summed E-state index contributed by atoms with van der Waals surface area (Å²) in [7, 11) is 2.13. The van der Waals surface area contributed by atoms with E-state index in [9.17, 15) is 0 Å².